The molecule has 3 rings (SSSR count). The van der Waals surface area contributed by atoms with Crippen molar-refractivity contribution < 1.29 is 4.74 Å². The van der Waals surface area contributed by atoms with Gasteiger partial charge < -0.3 is 10.1 Å². The number of aromatic amines is 1. The van der Waals surface area contributed by atoms with Crippen LogP contribution in [0, 0.1) is 5.92 Å². The highest BCUT2D eigenvalue weighted by Gasteiger charge is 2.23. The summed E-state index contributed by atoms with van der Waals surface area (Å²) in [4.78, 5) is 0. The van der Waals surface area contributed by atoms with Crippen LogP contribution in [0.25, 0.3) is 11.3 Å². The zero-order valence-electron chi connectivity index (χ0n) is 11.1. The molecule has 1 aliphatic heterocycles. The number of benzene rings is 1. The Labute approximate surface area is 113 Å². The molecule has 19 heavy (non-hydrogen) atoms. The number of aromatic nitrogens is 2. The van der Waals surface area contributed by atoms with E-state index >= 15 is 0 Å². The van der Waals surface area contributed by atoms with Crippen molar-refractivity contribution in [3.63, 3.8) is 0 Å². The van der Waals surface area contributed by atoms with Gasteiger partial charge in [-0.1, -0.05) is 30.3 Å². The molecule has 0 bridgehead atoms. The van der Waals surface area contributed by atoms with Crippen molar-refractivity contribution >= 4 is 5.69 Å². The maximum atomic E-state index is 5.45. The van der Waals surface area contributed by atoms with Crippen molar-refractivity contribution in [1.82, 2.24) is 10.2 Å². The Hall–Kier alpha value is -1.81. The molecular weight excluding hydrogens is 238 g/mol. The Morgan fingerprint density at radius 1 is 1.37 bits per heavy atom. The summed E-state index contributed by atoms with van der Waals surface area (Å²) in [5.74, 6) is 0.582. The highest BCUT2D eigenvalue weighted by Crippen LogP contribution is 2.27. The van der Waals surface area contributed by atoms with Crippen molar-refractivity contribution in [2.75, 3.05) is 18.5 Å². The maximum absolute atomic E-state index is 5.45. The second kappa shape index (κ2) is 5.45. The minimum atomic E-state index is 0.391. The van der Waals surface area contributed by atoms with Crippen LogP contribution in [0.5, 0.6) is 0 Å². The van der Waals surface area contributed by atoms with E-state index in [9.17, 15) is 0 Å². The van der Waals surface area contributed by atoms with Crippen molar-refractivity contribution in [3.05, 3.63) is 36.5 Å². The number of rotatable bonds is 4. The van der Waals surface area contributed by atoms with E-state index < -0.39 is 0 Å². The first-order valence-electron chi connectivity index (χ1n) is 6.77. The van der Waals surface area contributed by atoms with Crippen LogP contribution in [0.4, 0.5) is 5.69 Å². The molecule has 0 amide bonds. The lowest BCUT2D eigenvalue weighted by Crippen LogP contribution is -2.26. The zero-order chi connectivity index (χ0) is 13.1. The lowest BCUT2D eigenvalue weighted by atomic mass is 10.0. The Morgan fingerprint density at radius 2 is 2.21 bits per heavy atom. The first-order valence-corrected chi connectivity index (χ1v) is 6.77. The van der Waals surface area contributed by atoms with Crippen LogP contribution in [-0.4, -0.2) is 29.5 Å². The van der Waals surface area contributed by atoms with Crippen molar-refractivity contribution in [3.8, 4) is 11.3 Å². The number of anilines is 1. The second-order valence-corrected chi connectivity index (χ2v) is 5.08. The van der Waals surface area contributed by atoms with E-state index in [0.717, 1.165) is 36.6 Å². The minimum absolute atomic E-state index is 0.391. The molecule has 2 atom stereocenters. The summed E-state index contributed by atoms with van der Waals surface area (Å²) in [5.41, 5.74) is 3.26. The molecular formula is C15H19N3O. The second-order valence-electron chi connectivity index (χ2n) is 5.08. The molecule has 2 heterocycles. The van der Waals surface area contributed by atoms with E-state index in [4.69, 9.17) is 4.74 Å². The number of hydrogen-bond donors (Lipinski definition) is 2. The van der Waals surface area contributed by atoms with Crippen LogP contribution < -0.4 is 5.32 Å². The number of nitrogens with one attached hydrogen (secondary N) is 2. The molecule has 0 radical (unpaired) electrons. The molecule has 4 nitrogen and oxygen atoms in total. The lowest BCUT2D eigenvalue weighted by molar-refractivity contribution is 0.183. The fourth-order valence-corrected chi connectivity index (χ4v) is 2.53. The van der Waals surface area contributed by atoms with Gasteiger partial charge in [0, 0.05) is 24.1 Å². The minimum Gasteiger partial charge on any atom is -0.381 e. The van der Waals surface area contributed by atoms with Crippen LogP contribution in [-0.2, 0) is 4.74 Å². The van der Waals surface area contributed by atoms with Gasteiger partial charge >= 0.3 is 0 Å². The average molecular weight is 257 g/mol. The van der Waals surface area contributed by atoms with Gasteiger partial charge in [-0.05, 0) is 13.3 Å². The van der Waals surface area contributed by atoms with Gasteiger partial charge in [0.25, 0.3) is 0 Å². The Morgan fingerprint density at radius 3 is 2.95 bits per heavy atom. The SMILES string of the molecule is C[C@H](Nc1cn[nH]c1-c1ccccc1)[C@H]1CCOC1. The summed E-state index contributed by atoms with van der Waals surface area (Å²) in [6, 6.07) is 10.7. The molecule has 2 aromatic rings. The summed E-state index contributed by atoms with van der Waals surface area (Å²) in [7, 11) is 0. The number of hydrogen-bond acceptors (Lipinski definition) is 3. The smallest absolute Gasteiger partial charge is 0.0882 e. The van der Waals surface area contributed by atoms with E-state index in [1.807, 2.05) is 24.4 Å². The van der Waals surface area contributed by atoms with E-state index in [2.05, 4.69) is 34.6 Å². The predicted octanol–water partition coefficient (Wildman–Crippen LogP) is 2.91. The fourth-order valence-electron chi connectivity index (χ4n) is 2.53. The Balaban J connectivity index is 1.77. The van der Waals surface area contributed by atoms with Gasteiger partial charge in [-0.15, -0.1) is 0 Å². The quantitative estimate of drug-likeness (QED) is 0.885. The van der Waals surface area contributed by atoms with E-state index in [0.29, 0.717) is 12.0 Å². The van der Waals surface area contributed by atoms with Gasteiger partial charge in [-0.25, -0.2) is 0 Å². The summed E-state index contributed by atoms with van der Waals surface area (Å²) in [6.07, 6.45) is 2.99. The third kappa shape index (κ3) is 2.63. The van der Waals surface area contributed by atoms with Crippen LogP contribution in [0.3, 0.4) is 0 Å². The topological polar surface area (TPSA) is 49.9 Å². The molecule has 100 valence electrons. The van der Waals surface area contributed by atoms with Crippen molar-refractivity contribution in [1.29, 1.82) is 0 Å². The number of ether oxygens (including phenoxy) is 1. The molecule has 1 aliphatic rings. The van der Waals surface area contributed by atoms with Gasteiger partial charge in [-0.3, -0.25) is 5.10 Å². The van der Waals surface area contributed by atoms with Crippen LogP contribution >= 0.6 is 0 Å². The van der Waals surface area contributed by atoms with Crippen molar-refractivity contribution in [2.24, 2.45) is 5.92 Å². The first kappa shape index (κ1) is 12.2. The summed E-state index contributed by atoms with van der Waals surface area (Å²) >= 11 is 0. The third-order valence-electron chi connectivity index (χ3n) is 3.76. The summed E-state index contributed by atoms with van der Waals surface area (Å²) in [6.45, 7) is 3.95. The molecule has 1 aromatic heterocycles. The lowest BCUT2D eigenvalue weighted by Gasteiger charge is -2.20. The highest BCUT2D eigenvalue weighted by atomic mass is 16.5. The molecule has 0 aliphatic carbocycles. The molecule has 0 spiro atoms. The van der Waals surface area contributed by atoms with Gasteiger partial charge in [0.1, 0.15) is 0 Å². The Kier molecular flexibility index (Phi) is 3.51. The Bertz CT molecular complexity index is 517. The summed E-state index contributed by atoms with van der Waals surface area (Å²) < 4.78 is 5.45. The van der Waals surface area contributed by atoms with Gasteiger partial charge in [0.05, 0.1) is 24.2 Å². The largest absolute Gasteiger partial charge is 0.381 e. The van der Waals surface area contributed by atoms with Crippen LogP contribution in [0.15, 0.2) is 36.5 Å². The molecule has 1 aromatic carbocycles. The standard InChI is InChI=1S/C15H19N3O/c1-11(13-7-8-19-10-13)17-14-9-16-18-15(14)12-5-3-2-4-6-12/h2-6,9,11,13,17H,7-8,10H2,1H3,(H,16,18)/t11-,13-/m0/s1. The third-order valence-corrected chi connectivity index (χ3v) is 3.76. The van der Waals surface area contributed by atoms with Gasteiger partial charge in [0.2, 0.25) is 0 Å². The van der Waals surface area contributed by atoms with Gasteiger partial charge in [0.15, 0.2) is 0 Å². The maximum Gasteiger partial charge on any atom is 0.0882 e. The summed E-state index contributed by atoms with van der Waals surface area (Å²) in [5, 5.41) is 10.8. The predicted molar refractivity (Wildman–Crippen MR) is 76.0 cm³/mol. The van der Waals surface area contributed by atoms with Gasteiger partial charge in [-0.2, -0.15) is 5.10 Å². The van der Waals surface area contributed by atoms with Crippen LogP contribution in [0.2, 0.25) is 0 Å². The highest BCUT2D eigenvalue weighted by molar-refractivity contribution is 5.73. The monoisotopic (exact) mass is 257 g/mol. The molecule has 0 unspecified atom stereocenters. The normalized spacial score (nSPS) is 20.4. The van der Waals surface area contributed by atoms with E-state index in [1.165, 1.54) is 0 Å². The molecule has 4 heteroatoms. The van der Waals surface area contributed by atoms with Crippen molar-refractivity contribution in [2.45, 2.75) is 19.4 Å². The first-order chi connectivity index (χ1) is 9.34. The van der Waals surface area contributed by atoms with Crippen LogP contribution in [0.1, 0.15) is 13.3 Å². The van der Waals surface area contributed by atoms with E-state index in [-0.39, 0.29) is 0 Å². The fraction of sp³-hybridized carbons (Fsp3) is 0.400. The number of H-pyrrole nitrogens is 1. The molecule has 1 fully saturated rings. The molecule has 2 N–H and O–H groups in total. The zero-order valence-corrected chi connectivity index (χ0v) is 11.1. The van der Waals surface area contributed by atoms with E-state index in [1.54, 1.807) is 0 Å². The average Bonchev–Trinajstić information content (AvgIpc) is 3.11. The molecule has 0 saturated carbocycles. The molecule has 1 saturated heterocycles. The number of nitrogens with zero attached hydrogens (tertiary/aromatic N) is 1.